The van der Waals surface area contributed by atoms with Crippen molar-refractivity contribution < 1.29 is 24.2 Å². The summed E-state index contributed by atoms with van der Waals surface area (Å²) < 4.78 is 5.18. The van der Waals surface area contributed by atoms with Crippen LogP contribution in [0.5, 0.6) is 0 Å². The molecule has 0 bridgehead atoms. The fourth-order valence-corrected chi connectivity index (χ4v) is 2.96. The van der Waals surface area contributed by atoms with Gasteiger partial charge in [0.1, 0.15) is 23.8 Å². The maximum Gasteiger partial charge on any atom is 0.408 e. The standard InChI is InChI=1S/C22H26ClN3O5/c1-14(2)10-17(26-22(30)31-13-15-6-4-3-5-7-15)20(27)25-18(21(28)29)11-16-8-9-19(23)24-12-16/h3-9,12,14,17-18H,10-11,13H2,1-2H3,(H,25,27)(H,26,30)(H,28,29)/t17-,18-/m0/s1. The Labute approximate surface area is 186 Å². The molecule has 166 valence electrons. The molecule has 0 unspecified atom stereocenters. The van der Waals surface area contributed by atoms with Crippen LogP contribution in [0, 0.1) is 5.92 Å². The number of amides is 2. The van der Waals surface area contributed by atoms with Crippen LogP contribution >= 0.6 is 11.6 Å². The number of nitrogens with one attached hydrogen (secondary N) is 2. The number of pyridine rings is 1. The van der Waals surface area contributed by atoms with E-state index in [-0.39, 0.29) is 24.1 Å². The molecule has 0 aliphatic carbocycles. The van der Waals surface area contributed by atoms with Crippen LogP contribution in [0.2, 0.25) is 5.15 Å². The van der Waals surface area contributed by atoms with E-state index in [4.69, 9.17) is 16.3 Å². The lowest BCUT2D eigenvalue weighted by molar-refractivity contribution is -0.142. The number of carboxylic acid groups (broad SMARTS) is 1. The van der Waals surface area contributed by atoms with Crippen LogP contribution in [0.4, 0.5) is 4.79 Å². The van der Waals surface area contributed by atoms with Crippen molar-refractivity contribution in [1.82, 2.24) is 15.6 Å². The number of benzene rings is 1. The molecular formula is C22H26ClN3O5. The highest BCUT2D eigenvalue weighted by Crippen LogP contribution is 2.10. The van der Waals surface area contributed by atoms with E-state index in [9.17, 15) is 19.5 Å². The summed E-state index contributed by atoms with van der Waals surface area (Å²) in [5.41, 5.74) is 1.41. The number of nitrogens with zero attached hydrogens (tertiary/aromatic N) is 1. The molecule has 0 aliphatic rings. The fourth-order valence-electron chi connectivity index (χ4n) is 2.85. The largest absolute Gasteiger partial charge is 0.480 e. The summed E-state index contributed by atoms with van der Waals surface area (Å²) in [4.78, 5) is 40.5. The van der Waals surface area contributed by atoms with Crippen LogP contribution in [0.3, 0.4) is 0 Å². The van der Waals surface area contributed by atoms with Gasteiger partial charge in [0.2, 0.25) is 5.91 Å². The molecule has 1 heterocycles. The van der Waals surface area contributed by atoms with Gasteiger partial charge in [-0.2, -0.15) is 0 Å². The minimum atomic E-state index is -1.20. The fraction of sp³-hybridized carbons (Fsp3) is 0.364. The van der Waals surface area contributed by atoms with E-state index in [0.717, 1.165) is 5.56 Å². The summed E-state index contributed by atoms with van der Waals surface area (Å²) in [5.74, 6) is -1.72. The van der Waals surface area contributed by atoms with E-state index in [2.05, 4.69) is 15.6 Å². The third kappa shape index (κ3) is 8.64. The van der Waals surface area contributed by atoms with Crippen LogP contribution < -0.4 is 10.6 Å². The molecular weight excluding hydrogens is 422 g/mol. The number of alkyl carbamates (subject to hydrolysis) is 1. The number of hydrogen-bond acceptors (Lipinski definition) is 5. The Kier molecular flexibility index (Phi) is 9.27. The Hall–Kier alpha value is -3.13. The van der Waals surface area contributed by atoms with Gasteiger partial charge in [0.05, 0.1) is 0 Å². The van der Waals surface area contributed by atoms with Gasteiger partial charge in [-0.1, -0.05) is 61.8 Å². The van der Waals surface area contributed by atoms with Crippen LogP contribution in [0.25, 0.3) is 0 Å². The Morgan fingerprint density at radius 1 is 1.03 bits per heavy atom. The lowest BCUT2D eigenvalue weighted by atomic mass is 10.0. The monoisotopic (exact) mass is 447 g/mol. The Bertz CT molecular complexity index is 874. The van der Waals surface area contributed by atoms with Crippen molar-refractivity contribution in [2.45, 2.75) is 45.4 Å². The Balaban J connectivity index is 1.99. The summed E-state index contributed by atoms with van der Waals surface area (Å²) in [6, 6.07) is 10.2. The zero-order valence-electron chi connectivity index (χ0n) is 17.4. The second-order valence-electron chi connectivity index (χ2n) is 7.48. The number of ether oxygens (including phenoxy) is 1. The van der Waals surface area contributed by atoms with Crippen LogP contribution in [-0.2, 0) is 27.4 Å². The number of hydrogen-bond donors (Lipinski definition) is 3. The molecule has 8 nitrogen and oxygen atoms in total. The van der Waals surface area contributed by atoms with E-state index < -0.39 is 30.1 Å². The van der Waals surface area contributed by atoms with Crippen LogP contribution in [0.1, 0.15) is 31.4 Å². The highest BCUT2D eigenvalue weighted by molar-refractivity contribution is 6.29. The molecule has 0 saturated carbocycles. The van der Waals surface area contributed by atoms with Gasteiger partial charge in [0, 0.05) is 12.6 Å². The lowest BCUT2D eigenvalue weighted by Crippen LogP contribution is -2.52. The first-order chi connectivity index (χ1) is 14.7. The average Bonchev–Trinajstić information content (AvgIpc) is 2.73. The molecule has 0 spiro atoms. The predicted octanol–water partition coefficient (Wildman–Crippen LogP) is 3.19. The van der Waals surface area contributed by atoms with Gasteiger partial charge in [-0.3, -0.25) is 4.79 Å². The minimum Gasteiger partial charge on any atom is -0.480 e. The molecule has 9 heteroatoms. The summed E-state index contributed by atoms with van der Waals surface area (Å²) in [7, 11) is 0. The Morgan fingerprint density at radius 3 is 2.32 bits per heavy atom. The highest BCUT2D eigenvalue weighted by atomic mass is 35.5. The number of carbonyl (C=O) groups excluding carboxylic acids is 2. The van der Waals surface area contributed by atoms with Crippen molar-refractivity contribution in [3.05, 3.63) is 64.9 Å². The van der Waals surface area contributed by atoms with Gasteiger partial charge in [-0.05, 0) is 29.5 Å². The summed E-state index contributed by atoms with van der Waals surface area (Å²) in [6.07, 6.45) is 1.05. The van der Waals surface area contributed by atoms with Crippen molar-refractivity contribution in [1.29, 1.82) is 0 Å². The third-order valence-electron chi connectivity index (χ3n) is 4.37. The van der Waals surface area contributed by atoms with Crippen molar-refractivity contribution in [2.24, 2.45) is 5.92 Å². The number of rotatable bonds is 10. The van der Waals surface area contributed by atoms with E-state index in [1.807, 2.05) is 44.2 Å². The van der Waals surface area contributed by atoms with Gasteiger partial charge in [-0.25, -0.2) is 14.6 Å². The maximum atomic E-state index is 12.8. The second kappa shape index (κ2) is 11.9. The zero-order chi connectivity index (χ0) is 22.8. The number of aromatic nitrogens is 1. The first-order valence-electron chi connectivity index (χ1n) is 9.85. The molecule has 2 amide bonds. The zero-order valence-corrected chi connectivity index (χ0v) is 18.1. The number of halogens is 1. The highest BCUT2D eigenvalue weighted by Gasteiger charge is 2.28. The minimum absolute atomic E-state index is 0.0259. The molecule has 0 radical (unpaired) electrons. The molecule has 2 atom stereocenters. The lowest BCUT2D eigenvalue weighted by Gasteiger charge is -2.22. The normalized spacial score (nSPS) is 12.6. The number of carbonyl (C=O) groups is 3. The molecule has 31 heavy (non-hydrogen) atoms. The van der Waals surface area contributed by atoms with Crippen LogP contribution in [0.15, 0.2) is 48.7 Å². The van der Waals surface area contributed by atoms with E-state index in [1.54, 1.807) is 12.1 Å². The molecule has 0 aliphatic heterocycles. The Morgan fingerprint density at radius 2 is 1.74 bits per heavy atom. The third-order valence-corrected chi connectivity index (χ3v) is 4.60. The summed E-state index contributed by atoms with van der Waals surface area (Å²) in [6.45, 7) is 3.85. The molecule has 3 N–H and O–H groups in total. The van der Waals surface area contributed by atoms with Gasteiger partial charge < -0.3 is 20.5 Å². The molecule has 2 rings (SSSR count). The van der Waals surface area contributed by atoms with Crippen molar-refractivity contribution in [2.75, 3.05) is 0 Å². The van der Waals surface area contributed by atoms with Gasteiger partial charge in [-0.15, -0.1) is 0 Å². The molecule has 1 aromatic carbocycles. The van der Waals surface area contributed by atoms with E-state index in [0.29, 0.717) is 12.0 Å². The first kappa shape index (κ1) is 24.1. The predicted molar refractivity (Wildman–Crippen MR) is 116 cm³/mol. The van der Waals surface area contributed by atoms with Gasteiger partial charge >= 0.3 is 12.1 Å². The molecule has 1 aromatic heterocycles. The van der Waals surface area contributed by atoms with Crippen LogP contribution in [-0.4, -0.2) is 40.1 Å². The van der Waals surface area contributed by atoms with Crippen molar-refractivity contribution in [3.63, 3.8) is 0 Å². The maximum absolute atomic E-state index is 12.8. The smallest absolute Gasteiger partial charge is 0.408 e. The van der Waals surface area contributed by atoms with Crippen molar-refractivity contribution >= 4 is 29.6 Å². The quantitative estimate of drug-likeness (QED) is 0.481. The summed E-state index contributed by atoms with van der Waals surface area (Å²) >= 11 is 5.75. The number of carboxylic acids is 1. The second-order valence-corrected chi connectivity index (χ2v) is 7.87. The molecule has 0 fully saturated rings. The van der Waals surface area contributed by atoms with E-state index >= 15 is 0 Å². The average molecular weight is 448 g/mol. The number of aliphatic carboxylic acids is 1. The van der Waals surface area contributed by atoms with Gasteiger partial charge in [0.25, 0.3) is 0 Å². The summed E-state index contributed by atoms with van der Waals surface area (Å²) in [5, 5.41) is 14.8. The topological polar surface area (TPSA) is 118 Å². The van der Waals surface area contributed by atoms with E-state index in [1.165, 1.54) is 6.20 Å². The molecule has 0 saturated heterocycles. The van der Waals surface area contributed by atoms with Crippen molar-refractivity contribution in [3.8, 4) is 0 Å². The first-order valence-corrected chi connectivity index (χ1v) is 10.2. The SMILES string of the molecule is CC(C)C[C@H](NC(=O)OCc1ccccc1)C(=O)N[C@@H](Cc1ccc(Cl)nc1)C(=O)O. The molecule has 2 aromatic rings. The van der Waals surface area contributed by atoms with Gasteiger partial charge in [0.15, 0.2) is 0 Å².